The summed E-state index contributed by atoms with van der Waals surface area (Å²) in [6.45, 7) is 3.83. The zero-order valence-electron chi connectivity index (χ0n) is 10.7. The molecule has 0 radical (unpaired) electrons. The minimum Gasteiger partial charge on any atom is -0.506 e. The molecule has 3 nitrogen and oxygen atoms in total. The van der Waals surface area contributed by atoms with Crippen molar-refractivity contribution in [2.45, 2.75) is 13.8 Å². The molecule has 0 atom stereocenters. The lowest BCUT2D eigenvalue weighted by molar-refractivity contribution is 0.102. The van der Waals surface area contributed by atoms with Gasteiger partial charge in [0, 0.05) is 4.47 Å². The Hall–Kier alpha value is -1.81. The number of phenols is 1. The van der Waals surface area contributed by atoms with Gasteiger partial charge >= 0.3 is 0 Å². The van der Waals surface area contributed by atoms with Crippen LogP contribution in [-0.4, -0.2) is 11.0 Å². The second-order valence-corrected chi connectivity index (χ2v) is 5.31. The Morgan fingerprint density at radius 1 is 1.11 bits per heavy atom. The van der Waals surface area contributed by atoms with Crippen molar-refractivity contribution in [3.63, 3.8) is 0 Å². The van der Waals surface area contributed by atoms with Crippen LogP contribution in [0, 0.1) is 13.8 Å². The molecule has 0 bridgehead atoms. The molecule has 0 heterocycles. The van der Waals surface area contributed by atoms with Crippen molar-refractivity contribution in [3.8, 4) is 5.75 Å². The van der Waals surface area contributed by atoms with E-state index in [0.29, 0.717) is 11.3 Å². The molecule has 19 heavy (non-hydrogen) atoms. The second kappa shape index (κ2) is 5.45. The third-order valence-corrected chi connectivity index (χ3v) is 3.43. The number of rotatable bonds is 2. The first-order valence-electron chi connectivity index (χ1n) is 5.84. The smallest absolute Gasteiger partial charge is 0.256 e. The van der Waals surface area contributed by atoms with Crippen molar-refractivity contribution >= 4 is 27.5 Å². The lowest BCUT2D eigenvalue weighted by Gasteiger charge is -2.09. The molecule has 0 unspecified atom stereocenters. The van der Waals surface area contributed by atoms with E-state index >= 15 is 0 Å². The van der Waals surface area contributed by atoms with Gasteiger partial charge in [0.2, 0.25) is 0 Å². The van der Waals surface area contributed by atoms with E-state index in [-0.39, 0.29) is 11.7 Å². The third-order valence-electron chi connectivity index (χ3n) is 2.77. The van der Waals surface area contributed by atoms with Gasteiger partial charge in [0.25, 0.3) is 5.91 Å². The van der Waals surface area contributed by atoms with Crippen LogP contribution in [0.1, 0.15) is 21.5 Å². The lowest BCUT2D eigenvalue weighted by Crippen LogP contribution is -2.12. The molecule has 0 fully saturated rings. The summed E-state index contributed by atoms with van der Waals surface area (Å²) in [5.74, 6) is -0.192. The van der Waals surface area contributed by atoms with Crippen LogP contribution in [-0.2, 0) is 0 Å². The first-order valence-corrected chi connectivity index (χ1v) is 6.64. The normalized spacial score (nSPS) is 10.3. The maximum atomic E-state index is 12.1. The van der Waals surface area contributed by atoms with E-state index in [0.717, 1.165) is 15.6 Å². The summed E-state index contributed by atoms with van der Waals surface area (Å²) in [5.41, 5.74) is 2.95. The van der Waals surface area contributed by atoms with E-state index in [1.165, 1.54) is 0 Å². The Bertz CT molecular complexity index is 638. The van der Waals surface area contributed by atoms with Gasteiger partial charge in [-0.05, 0) is 65.2 Å². The van der Waals surface area contributed by atoms with Crippen molar-refractivity contribution < 1.29 is 9.90 Å². The lowest BCUT2D eigenvalue weighted by atomic mass is 10.1. The molecule has 4 heteroatoms. The molecule has 2 aromatic rings. The molecule has 98 valence electrons. The van der Waals surface area contributed by atoms with Gasteiger partial charge in [0.05, 0.1) is 11.3 Å². The van der Waals surface area contributed by atoms with Gasteiger partial charge in [-0.1, -0.05) is 12.1 Å². The van der Waals surface area contributed by atoms with Crippen molar-refractivity contribution in [1.82, 2.24) is 0 Å². The number of hydrogen-bond acceptors (Lipinski definition) is 2. The van der Waals surface area contributed by atoms with Gasteiger partial charge in [0.15, 0.2) is 0 Å². The summed E-state index contributed by atoms with van der Waals surface area (Å²) in [4.78, 5) is 12.1. The van der Waals surface area contributed by atoms with E-state index in [2.05, 4.69) is 21.2 Å². The summed E-state index contributed by atoms with van der Waals surface area (Å²) in [7, 11) is 0. The van der Waals surface area contributed by atoms with E-state index in [1.807, 2.05) is 32.0 Å². The first kappa shape index (κ1) is 13.6. The fourth-order valence-corrected chi connectivity index (χ4v) is 2.41. The average Bonchev–Trinajstić information content (AvgIpc) is 2.32. The Balaban J connectivity index is 2.25. The van der Waals surface area contributed by atoms with Gasteiger partial charge < -0.3 is 10.4 Å². The maximum Gasteiger partial charge on any atom is 0.256 e. The highest BCUT2D eigenvalue weighted by atomic mass is 79.9. The number of halogens is 1. The van der Waals surface area contributed by atoms with Gasteiger partial charge in [-0.25, -0.2) is 0 Å². The van der Waals surface area contributed by atoms with Crippen molar-refractivity contribution in [1.29, 1.82) is 0 Å². The number of nitrogens with one attached hydrogen (secondary N) is 1. The summed E-state index contributed by atoms with van der Waals surface area (Å²) in [6, 6.07) is 10.6. The summed E-state index contributed by atoms with van der Waals surface area (Å²) in [6.07, 6.45) is 0. The number of carbonyl (C=O) groups is 1. The number of carbonyl (C=O) groups excluding carboxylic acids is 1. The van der Waals surface area contributed by atoms with Crippen LogP contribution in [0.3, 0.4) is 0 Å². The minimum atomic E-state index is -0.258. The highest BCUT2D eigenvalue weighted by Gasteiger charge is 2.12. The van der Waals surface area contributed by atoms with Crippen molar-refractivity contribution in [3.05, 3.63) is 57.6 Å². The van der Waals surface area contributed by atoms with Crippen LogP contribution in [0.25, 0.3) is 0 Å². The molecule has 0 aliphatic rings. The molecule has 1 amide bonds. The number of aryl methyl sites for hydroxylation is 2. The number of benzene rings is 2. The van der Waals surface area contributed by atoms with Crippen LogP contribution in [0.5, 0.6) is 5.75 Å². The SMILES string of the molecule is Cc1ccc(NC(=O)c2ccc(C)cc2Br)c(O)c1. The van der Waals surface area contributed by atoms with Gasteiger partial charge in [-0.3, -0.25) is 4.79 Å². The quantitative estimate of drug-likeness (QED) is 0.821. The zero-order chi connectivity index (χ0) is 14.0. The highest BCUT2D eigenvalue weighted by molar-refractivity contribution is 9.10. The molecule has 2 aromatic carbocycles. The Morgan fingerprint density at radius 3 is 2.37 bits per heavy atom. The second-order valence-electron chi connectivity index (χ2n) is 4.46. The monoisotopic (exact) mass is 319 g/mol. The molecule has 2 N–H and O–H groups in total. The van der Waals surface area contributed by atoms with Crippen molar-refractivity contribution in [2.75, 3.05) is 5.32 Å². The Labute approximate surface area is 120 Å². The Morgan fingerprint density at radius 2 is 1.74 bits per heavy atom. The first-order chi connectivity index (χ1) is 8.97. The van der Waals surface area contributed by atoms with Gasteiger partial charge in [-0.15, -0.1) is 0 Å². The number of hydrogen-bond donors (Lipinski definition) is 2. The largest absolute Gasteiger partial charge is 0.506 e. The fourth-order valence-electron chi connectivity index (χ4n) is 1.74. The summed E-state index contributed by atoms with van der Waals surface area (Å²) < 4.78 is 0.733. The third kappa shape index (κ3) is 3.15. The van der Waals surface area contributed by atoms with Crippen LogP contribution in [0.15, 0.2) is 40.9 Å². The van der Waals surface area contributed by atoms with Crippen LogP contribution in [0.2, 0.25) is 0 Å². The average molecular weight is 320 g/mol. The predicted octanol–water partition coefficient (Wildman–Crippen LogP) is 4.02. The van der Waals surface area contributed by atoms with E-state index in [9.17, 15) is 9.90 Å². The maximum absolute atomic E-state index is 12.1. The van der Waals surface area contributed by atoms with E-state index < -0.39 is 0 Å². The van der Waals surface area contributed by atoms with Crippen LogP contribution in [0.4, 0.5) is 5.69 Å². The van der Waals surface area contributed by atoms with Gasteiger partial charge in [-0.2, -0.15) is 0 Å². The van der Waals surface area contributed by atoms with Crippen LogP contribution >= 0.6 is 15.9 Å². The molecule has 2 rings (SSSR count). The summed E-state index contributed by atoms with van der Waals surface area (Å²) in [5, 5.41) is 12.5. The zero-order valence-corrected chi connectivity index (χ0v) is 12.3. The molecule has 0 saturated carbocycles. The number of aromatic hydroxyl groups is 1. The molecule has 0 aliphatic carbocycles. The molecule has 0 aliphatic heterocycles. The molecular formula is C15H14BrNO2. The number of anilines is 1. The van der Waals surface area contributed by atoms with Crippen molar-refractivity contribution in [2.24, 2.45) is 0 Å². The van der Waals surface area contributed by atoms with E-state index in [1.54, 1.807) is 18.2 Å². The highest BCUT2D eigenvalue weighted by Crippen LogP contribution is 2.26. The van der Waals surface area contributed by atoms with Gasteiger partial charge in [0.1, 0.15) is 5.75 Å². The van der Waals surface area contributed by atoms with Crippen LogP contribution < -0.4 is 5.32 Å². The standard InChI is InChI=1S/C15H14BrNO2/c1-9-3-5-11(12(16)7-9)15(19)17-13-6-4-10(2)8-14(13)18/h3-8,18H,1-2H3,(H,17,19). The Kier molecular flexibility index (Phi) is 3.90. The minimum absolute atomic E-state index is 0.0663. The predicted molar refractivity (Wildman–Crippen MR) is 79.7 cm³/mol. The fraction of sp³-hybridized carbons (Fsp3) is 0.133. The number of phenolic OH excluding ortho intramolecular Hbond substituents is 1. The van der Waals surface area contributed by atoms with E-state index in [4.69, 9.17) is 0 Å². The molecular weight excluding hydrogens is 306 g/mol. The topological polar surface area (TPSA) is 49.3 Å². The molecule has 0 saturated heterocycles. The molecule has 0 spiro atoms. The molecule has 0 aromatic heterocycles. The summed E-state index contributed by atoms with van der Waals surface area (Å²) >= 11 is 3.37. The number of amides is 1.